The zero-order valence-corrected chi connectivity index (χ0v) is 19.8. The van der Waals surface area contributed by atoms with Crippen molar-refractivity contribution in [3.8, 4) is 0 Å². The Morgan fingerprint density at radius 2 is 1.88 bits per heavy atom. The molecule has 0 bridgehead atoms. The number of fused-ring (bicyclic) bond motifs is 3. The van der Waals surface area contributed by atoms with Crippen molar-refractivity contribution in [1.29, 1.82) is 0 Å². The fourth-order valence-corrected chi connectivity index (χ4v) is 6.21. The number of nitrogens with one attached hydrogen (secondary N) is 1. The van der Waals surface area contributed by atoms with Crippen molar-refractivity contribution in [2.75, 3.05) is 18.4 Å². The van der Waals surface area contributed by atoms with E-state index in [9.17, 15) is 9.59 Å². The number of nitrogens with zero attached hydrogens (tertiary/aromatic N) is 3. The van der Waals surface area contributed by atoms with Crippen LogP contribution in [-0.2, 0) is 24.2 Å². The van der Waals surface area contributed by atoms with E-state index in [1.807, 2.05) is 0 Å². The Morgan fingerprint density at radius 3 is 2.62 bits per heavy atom. The van der Waals surface area contributed by atoms with Crippen molar-refractivity contribution in [2.45, 2.75) is 58.0 Å². The van der Waals surface area contributed by atoms with Crippen LogP contribution < -0.4 is 10.9 Å². The number of rotatable bonds is 5. The zero-order chi connectivity index (χ0) is 22.2. The molecule has 1 amide bonds. The standard InChI is InChI=1S/C24H27ClN4O2S/c1-15(22(30)26-17-10-8-16(25)9-11-17)29-20(14-28-12-4-5-13-28)27-23-21(24(29)31)18-6-2-3-7-19(18)32-23/h8-11,15H,2-7,12-14H2,1H3,(H,26,30). The van der Waals surface area contributed by atoms with Crippen molar-refractivity contribution in [3.63, 3.8) is 0 Å². The summed E-state index contributed by atoms with van der Waals surface area (Å²) in [6.07, 6.45) is 6.51. The number of carbonyl (C=O) groups is 1. The minimum absolute atomic E-state index is 0.0812. The number of aromatic nitrogens is 2. The summed E-state index contributed by atoms with van der Waals surface area (Å²) >= 11 is 7.62. The molecule has 1 saturated heterocycles. The Kier molecular flexibility index (Phi) is 6.05. The van der Waals surface area contributed by atoms with E-state index in [0.717, 1.165) is 67.4 Å². The van der Waals surface area contributed by atoms with Crippen LogP contribution in [0.4, 0.5) is 5.69 Å². The number of benzene rings is 1. The van der Waals surface area contributed by atoms with Crippen molar-refractivity contribution >= 4 is 44.7 Å². The lowest BCUT2D eigenvalue weighted by atomic mass is 9.97. The van der Waals surface area contributed by atoms with Crippen LogP contribution in [0, 0.1) is 0 Å². The lowest BCUT2D eigenvalue weighted by Crippen LogP contribution is -2.36. The van der Waals surface area contributed by atoms with E-state index in [2.05, 4.69) is 10.2 Å². The number of hydrogen-bond donors (Lipinski definition) is 1. The third-order valence-electron chi connectivity index (χ3n) is 6.54. The maximum Gasteiger partial charge on any atom is 0.263 e. The summed E-state index contributed by atoms with van der Waals surface area (Å²) in [4.78, 5) is 36.4. The molecule has 6 nitrogen and oxygen atoms in total. The van der Waals surface area contributed by atoms with Gasteiger partial charge in [0.05, 0.1) is 11.9 Å². The van der Waals surface area contributed by atoms with E-state index in [0.29, 0.717) is 23.1 Å². The molecule has 8 heteroatoms. The average Bonchev–Trinajstić information content (AvgIpc) is 3.42. The predicted molar refractivity (Wildman–Crippen MR) is 130 cm³/mol. The maximum absolute atomic E-state index is 13.8. The number of anilines is 1. The molecule has 0 spiro atoms. The summed E-state index contributed by atoms with van der Waals surface area (Å²) in [6.45, 7) is 4.37. The predicted octanol–water partition coefficient (Wildman–Crippen LogP) is 4.79. The van der Waals surface area contributed by atoms with Gasteiger partial charge >= 0.3 is 0 Å². The van der Waals surface area contributed by atoms with Crippen LogP contribution in [0.5, 0.6) is 0 Å². The first-order chi connectivity index (χ1) is 15.5. The highest BCUT2D eigenvalue weighted by Gasteiger charge is 2.27. The molecule has 1 N–H and O–H groups in total. The lowest BCUT2D eigenvalue weighted by Gasteiger charge is -2.22. The number of amides is 1. The molecule has 3 heterocycles. The summed E-state index contributed by atoms with van der Waals surface area (Å²) in [5.74, 6) is 0.448. The molecular weight excluding hydrogens is 444 g/mol. The van der Waals surface area contributed by atoms with Gasteiger partial charge in [0.2, 0.25) is 5.91 Å². The number of hydrogen-bond acceptors (Lipinski definition) is 5. The Hall–Kier alpha value is -2.22. The van der Waals surface area contributed by atoms with Gasteiger partial charge in [-0.25, -0.2) is 4.98 Å². The van der Waals surface area contributed by atoms with Crippen molar-refractivity contribution in [2.24, 2.45) is 0 Å². The normalized spacial score (nSPS) is 17.4. The second-order valence-corrected chi connectivity index (χ2v) is 10.3. The molecule has 168 valence electrons. The van der Waals surface area contributed by atoms with Gasteiger partial charge in [-0.3, -0.25) is 19.1 Å². The Bertz CT molecular complexity index is 1210. The second-order valence-electron chi connectivity index (χ2n) is 8.75. The molecule has 1 fully saturated rings. The fraction of sp³-hybridized carbons (Fsp3) is 0.458. The third-order valence-corrected chi connectivity index (χ3v) is 7.97. The van der Waals surface area contributed by atoms with Crippen LogP contribution in [0.3, 0.4) is 0 Å². The fourth-order valence-electron chi connectivity index (χ4n) is 4.81. The van der Waals surface area contributed by atoms with Crippen LogP contribution in [0.15, 0.2) is 29.1 Å². The molecule has 5 rings (SSSR count). The molecule has 1 aromatic carbocycles. The quantitative estimate of drug-likeness (QED) is 0.582. The van der Waals surface area contributed by atoms with Crippen LogP contribution in [0.25, 0.3) is 10.2 Å². The van der Waals surface area contributed by atoms with Crippen LogP contribution in [0.2, 0.25) is 5.02 Å². The molecule has 1 aliphatic heterocycles. The van der Waals surface area contributed by atoms with E-state index >= 15 is 0 Å². The Labute approximate surface area is 196 Å². The highest BCUT2D eigenvalue weighted by molar-refractivity contribution is 7.18. The molecule has 32 heavy (non-hydrogen) atoms. The first-order valence-corrected chi connectivity index (χ1v) is 12.5. The van der Waals surface area contributed by atoms with Gasteiger partial charge < -0.3 is 5.32 Å². The molecule has 0 saturated carbocycles. The Morgan fingerprint density at radius 1 is 1.16 bits per heavy atom. The summed E-state index contributed by atoms with van der Waals surface area (Å²) in [5.41, 5.74) is 1.73. The maximum atomic E-state index is 13.8. The van der Waals surface area contributed by atoms with Gasteiger partial charge in [0.1, 0.15) is 16.7 Å². The van der Waals surface area contributed by atoms with E-state index < -0.39 is 6.04 Å². The molecular formula is C24H27ClN4O2S. The van der Waals surface area contributed by atoms with Gasteiger partial charge in [0, 0.05) is 15.6 Å². The van der Waals surface area contributed by atoms with Gasteiger partial charge in [-0.2, -0.15) is 0 Å². The summed E-state index contributed by atoms with van der Waals surface area (Å²) in [5, 5.41) is 4.26. The molecule has 2 aromatic heterocycles. The molecule has 2 aliphatic rings. The first-order valence-electron chi connectivity index (χ1n) is 11.4. The van der Waals surface area contributed by atoms with Gasteiger partial charge in [0.25, 0.3) is 5.56 Å². The van der Waals surface area contributed by atoms with Crippen molar-refractivity contribution in [3.05, 3.63) is 55.9 Å². The summed E-state index contributed by atoms with van der Waals surface area (Å²) < 4.78 is 1.63. The van der Waals surface area contributed by atoms with Crippen LogP contribution in [-0.4, -0.2) is 33.4 Å². The smallest absolute Gasteiger partial charge is 0.263 e. The zero-order valence-electron chi connectivity index (χ0n) is 18.2. The number of thiophene rings is 1. The summed E-state index contributed by atoms with van der Waals surface area (Å²) in [7, 11) is 0. The Balaban J connectivity index is 1.56. The average molecular weight is 471 g/mol. The molecule has 1 unspecified atom stereocenters. The number of halogens is 1. The lowest BCUT2D eigenvalue weighted by molar-refractivity contribution is -0.119. The van der Waals surface area contributed by atoms with Crippen LogP contribution >= 0.6 is 22.9 Å². The number of aryl methyl sites for hydroxylation is 2. The van der Waals surface area contributed by atoms with Crippen LogP contribution in [0.1, 0.15) is 54.9 Å². The van der Waals surface area contributed by atoms with Gasteiger partial charge in [-0.05, 0) is 88.4 Å². The van der Waals surface area contributed by atoms with E-state index in [-0.39, 0.29) is 11.5 Å². The summed E-state index contributed by atoms with van der Waals surface area (Å²) in [6, 6.07) is 6.32. The second kappa shape index (κ2) is 8.96. The third kappa shape index (κ3) is 4.09. The SMILES string of the molecule is CC(C(=O)Nc1ccc(Cl)cc1)n1c(CN2CCCC2)nc2sc3c(c2c1=O)CCCC3. The topological polar surface area (TPSA) is 67.2 Å². The molecule has 1 atom stereocenters. The minimum atomic E-state index is -0.674. The molecule has 1 aliphatic carbocycles. The molecule has 0 radical (unpaired) electrons. The first kappa shape index (κ1) is 21.6. The van der Waals surface area contributed by atoms with Gasteiger partial charge in [-0.15, -0.1) is 11.3 Å². The monoisotopic (exact) mass is 470 g/mol. The minimum Gasteiger partial charge on any atom is -0.324 e. The highest BCUT2D eigenvalue weighted by atomic mass is 35.5. The van der Waals surface area contributed by atoms with Gasteiger partial charge in [0.15, 0.2) is 0 Å². The highest BCUT2D eigenvalue weighted by Crippen LogP contribution is 2.34. The number of likely N-dealkylation sites (tertiary alicyclic amines) is 1. The van der Waals surface area contributed by atoms with E-state index in [1.165, 1.54) is 4.88 Å². The number of carbonyl (C=O) groups excluding carboxylic acids is 1. The van der Waals surface area contributed by atoms with Crippen molar-refractivity contribution < 1.29 is 4.79 Å². The largest absolute Gasteiger partial charge is 0.324 e. The van der Waals surface area contributed by atoms with E-state index in [1.54, 1.807) is 47.1 Å². The van der Waals surface area contributed by atoms with E-state index in [4.69, 9.17) is 16.6 Å². The van der Waals surface area contributed by atoms with Gasteiger partial charge in [-0.1, -0.05) is 11.6 Å². The molecule has 3 aromatic rings. The van der Waals surface area contributed by atoms with Crippen molar-refractivity contribution in [1.82, 2.24) is 14.5 Å².